The van der Waals surface area contributed by atoms with Crippen LogP contribution < -0.4 is 5.32 Å². The Hall–Kier alpha value is -1.53. The van der Waals surface area contributed by atoms with Crippen molar-refractivity contribution in [2.24, 2.45) is 11.8 Å². The van der Waals surface area contributed by atoms with Crippen molar-refractivity contribution in [3.8, 4) is 0 Å². The molecular formula is C18H26F2N2O2. The highest BCUT2D eigenvalue weighted by Crippen LogP contribution is 2.24. The van der Waals surface area contributed by atoms with Gasteiger partial charge in [-0.1, -0.05) is 19.9 Å². The normalized spacial score (nSPS) is 20.2. The lowest BCUT2D eigenvalue weighted by atomic mass is 9.96. The van der Waals surface area contributed by atoms with Crippen LogP contribution in [0.1, 0.15) is 38.4 Å². The molecule has 0 spiro atoms. The van der Waals surface area contributed by atoms with Gasteiger partial charge < -0.3 is 15.3 Å². The molecule has 1 heterocycles. The maximum atomic E-state index is 13.8. The van der Waals surface area contributed by atoms with Gasteiger partial charge in [0.05, 0.1) is 11.7 Å². The molecule has 134 valence electrons. The molecule has 2 N–H and O–H groups in total. The van der Waals surface area contributed by atoms with Crippen molar-refractivity contribution in [3.63, 3.8) is 0 Å². The predicted molar refractivity (Wildman–Crippen MR) is 88.3 cm³/mol. The average molecular weight is 340 g/mol. The third-order valence-corrected chi connectivity index (χ3v) is 4.46. The molecule has 2 atom stereocenters. The van der Waals surface area contributed by atoms with Crippen LogP contribution in [0.4, 0.5) is 8.78 Å². The maximum Gasteiger partial charge on any atom is 0.222 e. The Kier molecular flexibility index (Phi) is 6.69. The summed E-state index contributed by atoms with van der Waals surface area (Å²) in [6.45, 7) is 5.96. The summed E-state index contributed by atoms with van der Waals surface area (Å²) in [5.74, 6) is -1.17. The fourth-order valence-corrected chi connectivity index (χ4v) is 3.10. The van der Waals surface area contributed by atoms with Gasteiger partial charge in [-0.15, -0.1) is 0 Å². The van der Waals surface area contributed by atoms with Gasteiger partial charge in [0.15, 0.2) is 0 Å². The molecule has 6 heteroatoms. The molecule has 1 aliphatic rings. The number of hydrogen-bond acceptors (Lipinski definition) is 3. The van der Waals surface area contributed by atoms with Crippen LogP contribution in [0.3, 0.4) is 0 Å². The minimum absolute atomic E-state index is 0.0283. The van der Waals surface area contributed by atoms with E-state index in [1.165, 1.54) is 6.07 Å². The van der Waals surface area contributed by atoms with Crippen LogP contribution >= 0.6 is 0 Å². The summed E-state index contributed by atoms with van der Waals surface area (Å²) in [4.78, 5) is 13.7. The molecule has 2 rings (SSSR count). The second-order valence-electron chi connectivity index (χ2n) is 6.82. The quantitative estimate of drug-likeness (QED) is 0.836. The van der Waals surface area contributed by atoms with Gasteiger partial charge in [0, 0.05) is 25.6 Å². The fraction of sp³-hybridized carbons (Fsp3) is 0.611. The van der Waals surface area contributed by atoms with E-state index in [4.69, 9.17) is 0 Å². The molecule has 1 fully saturated rings. The summed E-state index contributed by atoms with van der Waals surface area (Å²) < 4.78 is 27.5. The number of nitrogens with one attached hydrogen (secondary N) is 1. The van der Waals surface area contributed by atoms with Crippen molar-refractivity contribution >= 4 is 5.91 Å². The summed E-state index contributed by atoms with van der Waals surface area (Å²) in [5, 5.41) is 13.1. The van der Waals surface area contributed by atoms with Crippen LogP contribution in [0.2, 0.25) is 0 Å². The first kappa shape index (κ1) is 18.8. The number of likely N-dealkylation sites (tertiary alicyclic amines) is 1. The smallest absolute Gasteiger partial charge is 0.222 e. The van der Waals surface area contributed by atoms with E-state index in [2.05, 4.69) is 5.32 Å². The van der Waals surface area contributed by atoms with Gasteiger partial charge in [-0.25, -0.2) is 8.78 Å². The first-order valence-electron chi connectivity index (χ1n) is 8.50. The molecule has 4 nitrogen and oxygen atoms in total. The summed E-state index contributed by atoms with van der Waals surface area (Å²) in [6, 6.07) is 3.60. The fourth-order valence-electron chi connectivity index (χ4n) is 3.10. The summed E-state index contributed by atoms with van der Waals surface area (Å²) in [7, 11) is 0. The SMILES string of the molecule is CC(C)C(=O)NCC1CCCN(CC(O)c2c(F)cccc2F)C1. The van der Waals surface area contributed by atoms with Crippen molar-refractivity contribution in [3.05, 3.63) is 35.4 Å². The summed E-state index contributed by atoms with van der Waals surface area (Å²) in [6.07, 6.45) is 0.739. The molecular weight excluding hydrogens is 314 g/mol. The molecule has 24 heavy (non-hydrogen) atoms. The highest BCUT2D eigenvalue weighted by molar-refractivity contribution is 5.77. The largest absolute Gasteiger partial charge is 0.387 e. The molecule has 0 radical (unpaired) electrons. The van der Waals surface area contributed by atoms with E-state index in [1.807, 2.05) is 18.7 Å². The van der Waals surface area contributed by atoms with Gasteiger partial charge in [-0.05, 0) is 37.4 Å². The van der Waals surface area contributed by atoms with Crippen molar-refractivity contribution in [2.45, 2.75) is 32.8 Å². The third kappa shape index (κ3) is 4.98. The number of piperidine rings is 1. The second-order valence-corrected chi connectivity index (χ2v) is 6.82. The van der Waals surface area contributed by atoms with Crippen LogP contribution in [0.25, 0.3) is 0 Å². The third-order valence-electron chi connectivity index (χ3n) is 4.46. The topological polar surface area (TPSA) is 52.6 Å². The van der Waals surface area contributed by atoms with E-state index in [1.54, 1.807) is 0 Å². The lowest BCUT2D eigenvalue weighted by molar-refractivity contribution is -0.124. The van der Waals surface area contributed by atoms with Crippen molar-refractivity contribution < 1.29 is 18.7 Å². The van der Waals surface area contributed by atoms with E-state index < -0.39 is 17.7 Å². The van der Waals surface area contributed by atoms with E-state index in [0.717, 1.165) is 31.5 Å². The number of nitrogens with zero attached hydrogens (tertiary/aromatic N) is 1. The number of rotatable bonds is 6. The molecule has 0 bridgehead atoms. The average Bonchev–Trinajstić information content (AvgIpc) is 2.52. The van der Waals surface area contributed by atoms with E-state index in [-0.39, 0.29) is 23.9 Å². The van der Waals surface area contributed by atoms with E-state index in [9.17, 15) is 18.7 Å². The predicted octanol–water partition coefficient (Wildman–Crippen LogP) is 2.48. The van der Waals surface area contributed by atoms with Gasteiger partial charge in [-0.3, -0.25) is 4.79 Å². The van der Waals surface area contributed by atoms with Crippen molar-refractivity contribution in [1.29, 1.82) is 0 Å². The van der Waals surface area contributed by atoms with Gasteiger partial charge >= 0.3 is 0 Å². The molecule has 1 saturated heterocycles. The zero-order valence-electron chi connectivity index (χ0n) is 14.3. The van der Waals surface area contributed by atoms with Crippen LogP contribution in [-0.2, 0) is 4.79 Å². The van der Waals surface area contributed by atoms with Crippen LogP contribution in [-0.4, -0.2) is 42.1 Å². The minimum atomic E-state index is -1.20. The van der Waals surface area contributed by atoms with E-state index in [0.29, 0.717) is 19.0 Å². The van der Waals surface area contributed by atoms with Crippen LogP contribution in [0.15, 0.2) is 18.2 Å². The molecule has 0 aliphatic carbocycles. The molecule has 1 amide bonds. The van der Waals surface area contributed by atoms with Gasteiger partial charge in [0.2, 0.25) is 5.91 Å². The Bertz CT molecular complexity index is 546. The van der Waals surface area contributed by atoms with Gasteiger partial charge in [-0.2, -0.15) is 0 Å². The van der Waals surface area contributed by atoms with Crippen molar-refractivity contribution in [2.75, 3.05) is 26.2 Å². The maximum absolute atomic E-state index is 13.8. The second kappa shape index (κ2) is 8.53. The lowest BCUT2D eigenvalue weighted by Crippen LogP contribution is -2.43. The highest BCUT2D eigenvalue weighted by atomic mass is 19.1. The molecule has 1 aromatic carbocycles. The van der Waals surface area contributed by atoms with Gasteiger partial charge in [0.25, 0.3) is 0 Å². The highest BCUT2D eigenvalue weighted by Gasteiger charge is 2.25. The van der Waals surface area contributed by atoms with Crippen LogP contribution in [0.5, 0.6) is 0 Å². The number of carbonyl (C=O) groups is 1. The summed E-state index contributed by atoms with van der Waals surface area (Å²) >= 11 is 0. The number of benzene rings is 1. The minimum Gasteiger partial charge on any atom is -0.387 e. The number of amides is 1. The molecule has 2 unspecified atom stereocenters. The standard InChI is InChI=1S/C18H26F2N2O2/c1-12(2)18(24)21-9-13-5-4-8-22(10-13)11-16(23)17-14(19)6-3-7-15(17)20/h3,6-7,12-13,16,23H,4-5,8-11H2,1-2H3,(H,21,24). The monoisotopic (exact) mass is 340 g/mol. The number of hydrogen-bond donors (Lipinski definition) is 2. The first-order chi connectivity index (χ1) is 11.4. The first-order valence-corrected chi connectivity index (χ1v) is 8.50. The summed E-state index contributed by atoms with van der Waals surface area (Å²) in [5.41, 5.74) is -0.271. The van der Waals surface area contributed by atoms with Gasteiger partial charge in [0.1, 0.15) is 11.6 Å². The Balaban J connectivity index is 1.89. The Labute approximate surface area is 141 Å². The number of β-amino-alcohol motifs (C(OH)–C–C–N with tert-alkyl or cyclic N) is 1. The Morgan fingerprint density at radius 1 is 1.38 bits per heavy atom. The molecule has 1 aromatic rings. The van der Waals surface area contributed by atoms with Crippen LogP contribution in [0, 0.1) is 23.5 Å². The zero-order valence-corrected chi connectivity index (χ0v) is 14.3. The number of aliphatic hydroxyl groups is 1. The number of halogens is 2. The molecule has 0 saturated carbocycles. The Morgan fingerprint density at radius 2 is 2.04 bits per heavy atom. The molecule has 1 aliphatic heterocycles. The zero-order chi connectivity index (χ0) is 17.7. The van der Waals surface area contributed by atoms with Crippen molar-refractivity contribution in [1.82, 2.24) is 10.2 Å². The molecule has 0 aromatic heterocycles. The lowest BCUT2D eigenvalue weighted by Gasteiger charge is -2.34. The Morgan fingerprint density at radius 3 is 2.67 bits per heavy atom. The van der Waals surface area contributed by atoms with E-state index >= 15 is 0 Å². The number of aliphatic hydroxyl groups excluding tert-OH is 1. The number of carbonyl (C=O) groups excluding carboxylic acids is 1.